The molecule has 5 heteroatoms. The standard InChI is InChI=1S/C13H24N2O3/c1-3-18-13(17)9-15(11-7-8-11)12(16)6-4-5-10(2)14/h10-11H,3-9,14H2,1-2H3. The molecule has 0 aromatic carbocycles. The lowest BCUT2D eigenvalue weighted by Gasteiger charge is -2.21. The van der Waals surface area contributed by atoms with Crippen molar-refractivity contribution in [3.05, 3.63) is 0 Å². The Morgan fingerprint density at radius 3 is 2.61 bits per heavy atom. The third-order valence-electron chi connectivity index (χ3n) is 2.96. The first kappa shape index (κ1) is 15.0. The van der Waals surface area contributed by atoms with Gasteiger partial charge < -0.3 is 15.4 Å². The Morgan fingerprint density at radius 2 is 2.11 bits per heavy atom. The van der Waals surface area contributed by atoms with E-state index in [0.29, 0.717) is 13.0 Å². The van der Waals surface area contributed by atoms with Crippen molar-refractivity contribution in [1.29, 1.82) is 0 Å². The summed E-state index contributed by atoms with van der Waals surface area (Å²) in [6.45, 7) is 4.15. The Morgan fingerprint density at radius 1 is 1.44 bits per heavy atom. The van der Waals surface area contributed by atoms with E-state index in [4.69, 9.17) is 10.5 Å². The summed E-state index contributed by atoms with van der Waals surface area (Å²) in [6, 6.07) is 0.370. The van der Waals surface area contributed by atoms with Crippen LogP contribution in [0.1, 0.15) is 46.0 Å². The van der Waals surface area contributed by atoms with Crippen molar-refractivity contribution in [2.45, 2.75) is 58.0 Å². The molecule has 0 aromatic heterocycles. The number of amides is 1. The van der Waals surface area contributed by atoms with Gasteiger partial charge in [-0.3, -0.25) is 9.59 Å². The zero-order chi connectivity index (χ0) is 13.5. The highest BCUT2D eigenvalue weighted by atomic mass is 16.5. The van der Waals surface area contributed by atoms with Crippen LogP contribution in [0.3, 0.4) is 0 Å². The first-order valence-electron chi connectivity index (χ1n) is 6.75. The molecule has 0 saturated heterocycles. The van der Waals surface area contributed by atoms with E-state index in [1.165, 1.54) is 0 Å². The molecule has 1 atom stereocenters. The number of rotatable bonds is 8. The van der Waals surface area contributed by atoms with Gasteiger partial charge in [0.05, 0.1) is 6.61 Å². The summed E-state index contributed by atoms with van der Waals surface area (Å²) in [5, 5.41) is 0. The minimum Gasteiger partial charge on any atom is -0.465 e. The average Bonchev–Trinajstić information content (AvgIpc) is 3.09. The van der Waals surface area contributed by atoms with Crippen LogP contribution in [-0.4, -0.2) is 42.0 Å². The Hall–Kier alpha value is -1.10. The molecule has 0 aromatic rings. The van der Waals surface area contributed by atoms with Gasteiger partial charge in [-0.15, -0.1) is 0 Å². The summed E-state index contributed by atoms with van der Waals surface area (Å²) in [7, 11) is 0. The van der Waals surface area contributed by atoms with Crippen molar-refractivity contribution in [2.75, 3.05) is 13.2 Å². The number of nitrogens with two attached hydrogens (primary N) is 1. The number of ether oxygens (including phenoxy) is 1. The zero-order valence-electron chi connectivity index (χ0n) is 11.4. The second-order valence-corrected chi connectivity index (χ2v) is 4.93. The van der Waals surface area contributed by atoms with Crippen LogP contribution in [0.2, 0.25) is 0 Å². The normalized spacial score (nSPS) is 16.2. The van der Waals surface area contributed by atoms with E-state index in [1.807, 2.05) is 6.92 Å². The van der Waals surface area contributed by atoms with Crippen molar-refractivity contribution in [3.8, 4) is 0 Å². The molecule has 1 aliphatic carbocycles. The van der Waals surface area contributed by atoms with Crippen molar-refractivity contribution in [1.82, 2.24) is 4.90 Å². The fourth-order valence-electron chi connectivity index (χ4n) is 1.87. The van der Waals surface area contributed by atoms with Crippen LogP contribution in [0.15, 0.2) is 0 Å². The van der Waals surface area contributed by atoms with Gasteiger partial charge in [-0.2, -0.15) is 0 Å². The van der Waals surface area contributed by atoms with Gasteiger partial charge in [0, 0.05) is 18.5 Å². The van der Waals surface area contributed by atoms with Gasteiger partial charge in [0.25, 0.3) is 0 Å². The summed E-state index contributed by atoms with van der Waals surface area (Å²) < 4.78 is 4.89. The fourth-order valence-corrected chi connectivity index (χ4v) is 1.87. The molecule has 1 amide bonds. The minimum absolute atomic E-state index is 0.0474. The van der Waals surface area contributed by atoms with Crippen LogP contribution < -0.4 is 5.73 Å². The van der Waals surface area contributed by atoms with E-state index < -0.39 is 0 Å². The molecule has 0 bridgehead atoms. The van der Waals surface area contributed by atoms with Crippen LogP contribution in [0.5, 0.6) is 0 Å². The number of nitrogens with zero attached hydrogens (tertiary/aromatic N) is 1. The second kappa shape index (κ2) is 7.36. The Balaban J connectivity index is 2.36. The van der Waals surface area contributed by atoms with Gasteiger partial charge in [-0.05, 0) is 39.5 Å². The lowest BCUT2D eigenvalue weighted by molar-refractivity contribution is -0.149. The highest BCUT2D eigenvalue weighted by Crippen LogP contribution is 2.27. The third kappa shape index (κ3) is 5.49. The third-order valence-corrected chi connectivity index (χ3v) is 2.96. The van der Waals surface area contributed by atoms with Crippen LogP contribution in [0.25, 0.3) is 0 Å². The maximum absolute atomic E-state index is 12.0. The lowest BCUT2D eigenvalue weighted by Crippen LogP contribution is -2.38. The SMILES string of the molecule is CCOC(=O)CN(C(=O)CCCC(C)N)C1CC1. The number of hydrogen-bond acceptors (Lipinski definition) is 4. The summed E-state index contributed by atoms with van der Waals surface area (Å²) in [6.07, 6.45) is 4.08. The molecular formula is C13H24N2O3. The van der Waals surface area contributed by atoms with Crippen molar-refractivity contribution in [2.24, 2.45) is 5.73 Å². The van der Waals surface area contributed by atoms with E-state index >= 15 is 0 Å². The maximum Gasteiger partial charge on any atom is 0.325 e. The molecule has 104 valence electrons. The Labute approximate surface area is 109 Å². The van der Waals surface area contributed by atoms with Gasteiger partial charge in [-0.1, -0.05) is 0 Å². The molecule has 0 radical (unpaired) electrons. The van der Waals surface area contributed by atoms with E-state index in [0.717, 1.165) is 25.7 Å². The molecule has 2 N–H and O–H groups in total. The lowest BCUT2D eigenvalue weighted by atomic mass is 10.1. The average molecular weight is 256 g/mol. The van der Waals surface area contributed by atoms with Crippen LogP contribution in [-0.2, 0) is 14.3 Å². The quantitative estimate of drug-likeness (QED) is 0.659. The predicted molar refractivity (Wildman–Crippen MR) is 68.9 cm³/mol. The molecule has 1 saturated carbocycles. The number of hydrogen-bond donors (Lipinski definition) is 1. The Kier molecular flexibility index (Phi) is 6.12. The molecule has 1 fully saturated rings. The first-order chi connectivity index (χ1) is 8.54. The predicted octanol–water partition coefficient (Wildman–Crippen LogP) is 1.06. The first-order valence-corrected chi connectivity index (χ1v) is 6.75. The summed E-state index contributed by atoms with van der Waals surface area (Å²) in [5.74, 6) is -0.267. The van der Waals surface area contributed by atoms with Crippen LogP contribution in [0, 0.1) is 0 Å². The summed E-state index contributed by atoms with van der Waals surface area (Å²) in [5.41, 5.74) is 5.65. The molecule has 0 spiro atoms. The summed E-state index contributed by atoms with van der Waals surface area (Å²) in [4.78, 5) is 25.1. The minimum atomic E-state index is -0.315. The van der Waals surface area contributed by atoms with E-state index in [9.17, 15) is 9.59 Å². The zero-order valence-corrected chi connectivity index (χ0v) is 11.4. The monoisotopic (exact) mass is 256 g/mol. The molecule has 1 unspecified atom stereocenters. The van der Waals surface area contributed by atoms with Gasteiger partial charge in [0.15, 0.2) is 0 Å². The number of carbonyl (C=O) groups excluding carboxylic acids is 2. The van der Waals surface area contributed by atoms with Crippen molar-refractivity contribution >= 4 is 11.9 Å². The number of esters is 1. The van der Waals surface area contributed by atoms with Gasteiger partial charge in [0.2, 0.25) is 5.91 Å². The molecule has 1 aliphatic rings. The highest BCUT2D eigenvalue weighted by molar-refractivity contribution is 5.82. The molecule has 0 aliphatic heterocycles. The Bertz CT molecular complexity index is 288. The van der Waals surface area contributed by atoms with Crippen LogP contribution in [0.4, 0.5) is 0 Å². The smallest absolute Gasteiger partial charge is 0.325 e. The van der Waals surface area contributed by atoms with Crippen molar-refractivity contribution in [3.63, 3.8) is 0 Å². The fraction of sp³-hybridized carbons (Fsp3) is 0.846. The topological polar surface area (TPSA) is 72.6 Å². The van der Waals surface area contributed by atoms with Gasteiger partial charge in [0.1, 0.15) is 6.54 Å². The molecule has 5 nitrogen and oxygen atoms in total. The number of carbonyl (C=O) groups is 2. The molecule has 0 heterocycles. The summed E-state index contributed by atoms with van der Waals surface area (Å²) >= 11 is 0. The molecule has 1 rings (SSSR count). The van der Waals surface area contributed by atoms with Gasteiger partial charge in [-0.25, -0.2) is 0 Å². The van der Waals surface area contributed by atoms with Gasteiger partial charge >= 0.3 is 5.97 Å². The molecule has 18 heavy (non-hydrogen) atoms. The largest absolute Gasteiger partial charge is 0.465 e. The maximum atomic E-state index is 12.0. The van der Waals surface area contributed by atoms with E-state index in [2.05, 4.69) is 0 Å². The highest BCUT2D eigenvalue weighted by Gasteiger charge is 2.33. The van der Waals surface area contributed by atoms with E-state index in [-0.39, 0.29) is 30.5 Å². The second-order valence-electron chi connectivity index (χ2n) is 4.93. The molecular weight excluding hydrogens is 232 g/mol. The van der Waals surface area contributed by atoms with Crippen molar-refractivity contribution < 1.29 is 14.3 Å². The van der Waals surface area contributed by atoms with Crippen LogP contribution >= 0.6 is 0 Å². The van der Waals surface area contributed by atoms with E-state index in [1.54, 1.807) is 11.8 Å².